The molecule has 5 heteroatoms. The Morgan fingerprint density at radius 1 is 1.00 bits per heavy atom. The van der Waals surface area contributed by atoms with Crippen molar-refractivity contribution in [1.82, 2.24) is 9.97 Å². The van der Waals surface area contributed by atoms with Crippen molar-refractivity contribution in [3.05, 3.63) is 58.0 Å². The molecule has 0 unspecified atom stereocenters. The van der Waals surface area contributed by atoms with Gasteiger partial charge in [0.1, 0.15) is 11.0 Å². The van der Waals surface area contributed by atoms with Crippen molar-refractivity contribution < 1.29 is 4.39 Å². The molecular weight excluding hydrogens is 298 g/mol. The van der Waals surface area contributed by atoms with E-state index in [0.29, 0.717) is 26.9 Å². The van der Waals surface area contributed by atoms with Crippen molar-refractivity contribution in [3.63, 3.8) is 0 Å². The molecule has 100 valence electrons. The second-order valence-corrected chi connectivity index (χ2v) is 5.25. The Morgan fingerprint density at radius 3 is 2.55 bits per heavy atom. The van der Waals surface area contributed by atoms with Crippen molar-refractivity contribution >= 4 is 34.1 Å². The Hall–Kier alpha value is -1.71. The van der Waals surface area contributed by atoms with Crippen LogP contribution in [-0.2, 0) is 0 Å². The first-order chi connectivity index (χ1) is 9.54. The molecular formula is C15H9Cl2FN2. The number of halogens is 3. The van der Waals surface area contributed by atoms with Crippen molar-refractivity contribution in [1.29, 1.82) is 0 Å². The van der Waals surface area contributed by atoms with Gasteiger partial charge >= 0.3 is 0 Å². The standard InChI is InChI=1S/C15H9Cl2FN2/c1-8-6-9(16)2-4-11(8)15-19-13-7-10(18)3-5-12(13)14(17)20-15/h2-7H,1H3. The van der Waals surface area contributed by atoms with Crippen LogP contribution in [0.2, 0.25) is 10.2 Å². The zero-order valence-corrected chi connectivity index (χ0v) is 12.0. The van der Waals surface area contributed by atoms with Crippen LogP contribution in [0.15, 0.2) is 36.4 Å². The molecule has 2 nitrogen and oxygen atoms in total. The molecule has 0 aliphatic heterocycles. The van der Waals surface area contributed by atoms with Crippen molar-refractivity contribution in [2.75, 3.05) is 0 Å². The fourth-order valence-electron chi connectivity index (χ4n) is 2.06. The highest BCUT2D eigenvalue weighted by molar-refractivity contribution is 6.34. The maximum atomic E-state index is 13.3. The molecule has 0 fully saturated rings. The summed E-state index contributed by atoms with van der Waals surface area (Å²) >= 11 is 12.1. The minimum Gasteiger partial charge on any atom is -0.228 e. The normalized spacial score (nSPS) is 11.0. The summed E-state index contributed by atoms with van der Waals surface area (Å²) in [4.78, 5) is 8.66. The van der Waals surface area contributed by atoms with Crippen LogP contribution in [0.3, 0.4) is 0 Å². The van der Waals surface area contributed by atoms with Crippen LogP contribution in [0, 0.1) is 12.7 Å². The van der Waals surface area contributed by atoms with E-state index >= 15 is 0 Å². The molecule has 0 saturated heterocycles. The van der Waals surface area contributed by atoms with E-state index in [0.717, 1.165) is 11.1 Å². The summed E-state index contributed by atoms with van der Waals surface area (Å²) in [5.74, 6) is 0.105. The molecule has 0 aliphatic rings. The van der Waals surface area contributed by atoms with E-state index in [2.05, 4.69) is 9.97 Å². The molecule has 0 saturated carbocycles. The Labute approximate surface area is 125 Å². The number of benzene rings is 2. The predicted molar refractivity (Wildman–Crippen MR) is 79.7 cm³/mol. The van der Waals surface area contributed by atoms with Gasteiger partial charge in [-0.3, -0.25) is 0 Å². The zero-order valence-electron chi connectivity index (χ0n) is 10.5. The lowest BCUT2D eigenvalue weighted by Crippen LogP contribution is -1.94. The molecule has 20 heavy (non-hydrogen) atoms. The molecule has 0 radical (unpaired) electrons. The molecule has 0 spiro atoms. The summed E-state index contributed by atoms with van der Waals surface area (Å²) in [6, 6.07) is 9.67. The first-order valence-corrected chi connectivity index (χ1v) is 6.69. The number of aryl methyl sites for hydroxylation is 1. The van der Waals surface area contributed by atoms with Gasteiger partial charge in [-0.15, -0.1) is 0 Å². The van der Waals surface area contributed by atoms with Gasteiger partial charge in [0, 0.05) is 22.0 Å². The minimum atomic E-state index is -0.356. The van der Waals surface area contributed by atoms with Gasteiger partial charge in [-0.2, -0.15) is 0 Å². The minimum absolute atomic E-state index is 0.305. The number of rotatable bonds is 1. The van der Waals surface area contributed by atoms with E-state index in [1.165, 1.54) is 12.1 Å². The average molecular weight is 307 g/mol. The Kier molecular flexibility index (Phi) is 3.32. The van der Waals surface area contributed by atoms with Gasteiger partial charge in [-0.1, -0.05) is 23.2 Å². The quantitative estimate of drug-likeness (QED) is 0.588. The molecule has 2 aromatic carbocycles. The molecule has 3 rings (SSSR count). The van der Waals surface area contributed by atoms with Crippen LogP contribution in [0.5, 0.6) is 0 Å². The first-order valence-electron chi connectivity index (χ1n) is 5.94. The third kappa shape index (κ3) is 2.35. The fraction of sp³-hybridized carbons (Fsp3) is 0.0667. The SMILES string of the molecule is Cc1cc(Cl)ccc1-c1nc(Cl)c2ccc(F)cc2n1. The summed E-state index contributed by atoms with van der Waals surface area (Å²) in [6.45, 7) is 1.91. The van der Waals surface area contributed by atoms with E-state index < -0.39 is 0 Å². The van der Waals surface area contributed by atoms with Gasteiger partial charge in [0.2, 0.25) is 0 Å². The Bertz CT molecular complexity index is 818. The Balaban J connectivity index is 2.26. The number of nitrogens with zero attached hydrogens (tertiary/aromatic N) is 2. The van der Waals surface area contributed by atoms with Crippen molar-refractivity contribution in [3.8, 4) is 11.4 Å². The second-order valence-electron chi connectivity index (χ2n) is 4.46. The fourth-order valence-corrected chi connectivity index (χ4v) is 2.53. The van der Waals surface area contributed by atoms with Crippen LogP contribution < -0.4 is 0 Å². The highest BCUT2D eigenvalue weighted by Gasteiger charge is 2.10. The number of aromatic nitrogens is 2. The highest BCUT2D eigenvalue weighted by atomic mass is 35.5. The third-order valence-corrected chi connectivity index (χ3v) is 3.57. The van der Waals surface area contributed by atoms with Gasteiger partial charge in [0.25, 0.3) is 0 Å². The summed E-state index contributed by atoms with van der Waals surface area (Å²) < 4.78 is 13.3. The number of fused-ring (bicyclic) bond motifs is 1. The monoisotopic (exact) mass is 306 g/mol. The van der Waals surface area contributed by atoms with Crippen molar-refractivity contribution in [2.45, 2.75) is 6.92 Å². The lowest BCUT2D eigenvalue weighted by molar-refractivity contribution is 0.629. The molecule has 0 atom stereocenters. The van der Waals surface area contributed by atoms with Gasteiger partial charge in [-0.05, 0) is 42.8 Å². The second kappa shape index (κ2) is 5.00. The molecule has 1 heterocycles. The lowest BCUT2D eigenvalue weighted by Gasteiger charge is -2.07. The van der Waals surface area contributed by atoms with Gasteiger partial charge < -0.3 is 0 Å². The molecule has 0 aliphatic carbocycles. The zero-order chi connectivity index (χ0) is 14.3. The van der Waals surface area contributed by atoms with E-state index in [1.54, 1.807) is 12.1 Å². The molecule has 1 aromatic heterocycles. The highest BCUT2D eigenvalue weighted by Crippen LogP contribution is 2.28. The predicted octanol–water partition coefficient (Wildman–Crippen LogP) is 5.05. The smallest absolute Gasteiger partial charge is 0.161 e. The maximum Gasteiger partial charge on any atom is 0.161 e. The first kappa shape index (κ1) is 13.3. The van der Waals surface area contributed by atoms with Crippen LogP contribution >= 0.6 is 23.2 Å². The average Bonchev–Trinajstić information content (AvgIpc) is 2.37. The van der Waals surface area contributed by atoms with Crippen LogP contribution in [0.1, 0.15) is 5.56 Å². The summed E-state index contributed by atoms with van der Waals surface area (Å²) in [5.41, 5.74) is 2.24. The van der Waals surface area contributed by atoms with E-state index in [4.69, 9.17) is 23.2 Å². The van der Waals surface area contributed by atoms with Crippen molar-refractivity contribution in [2.24, 2.45) is 0 Å². The summed E-state index contributed by atoms with van der Waals surface area (Å²) in [5, 5.41) is 1.58. The van der Waals surface area contributed by atoms with Crippen LogP contribution in [-0.4, -0.2) is 9.97 Å². The van der Waals surface area contributed by atoms with Gasteiger partial charge in [0.05, 0.1) is 5.52 Å². The summed E-state index contributed by atoms with van der Waals surface area (Å²) in [7, 11) is 0. The lowest BCUT2D eigenvalue weighted by atomic mass is 10.1. The van der Waals surface area contributed by atoms with E-state index in [1.807, 2.05) is 19.1 Å². The largest absolute Gasteiger partial charge is 0.228 e. The van der Waals surface area contributed by atoms with Gasteiger partial charge in [-0.25, -0.2) is 14.4 Å². The van der Waals surface area contributed by atoms with E-state index in [-0.39, 0.29) is 5.82 Å². The van der Waals surface area contributed by atoms with E-state index in [9.17, 15) is 4.39 Å². The molecule has 0 bridgehead atoms. The molecule has 3 aromatic rings. The van der Waals surface area contributed by atoms with Crippen LogP contribution in [0.25, 0.3) is 22.3 Å². The summed E-state index contributed by atoms with van der Waals surface area (Å²) in [6.07, 6.45) is 0. The number of hydrogen-bond donors (Lipinski definition) is 0. The Morgan fingerprint density at radius 2 is 1.80 bits per heavy atom. The molecule has 0 amide bonds. The number of hydrogen-bond acceptors (Lipinski definition) is 2. The maximum absolute atomic E-state index is 13.3. The molecule has 0 N–H and O–H groups in total. The van der Waals surface area contributed by atoms with Crippen LogP contribution in [0.4, 0.5) is 4.39 Å². The third-order valence-electron chi connectivity index (χ3n) is 3.04. The van der Waals surface area contributed by atoms with Gasteiger partial charge in [0.15, 0.2) is 5.82 Å². The topological polar surface area (TPSA) is 25.8 Å².